The zero-order chi connectivity index (χ0) is 13.1. The van der Waals surface area contributed by atoms with E-state index in [9.17, 15) is 0 Å². The SMILES string of the molecule is Cc1c(CNc2cc(Br)ccc2C#N)cnn1C. The number of anilines is 1. The van der Waals surface area contributed by atoms with Crippen molar-refractivity contribution in [1.82, 2.24) is 9.78 Å². The molecular formula is C13H13BrN4. The van der Waals surface area contributed by atoms with Gasteiger partial charge in [0.15, 0.2) is 0 Å². The van der Waals surface area contributed by atoms with E-state index in [0.717, 1.165) is 21.4 Å². The third-order valence-electron chi connectivity index (χ3n) is 2.91. The topological polar surface area (TPSA) is 53.6 Å². The molecule has 0 bridgehead atoms. The van der Waals surface area contributed by atoms with Crippen molar-refractivity contribution in [3.05, 3.63) is 45.7 Å². The van der Waals surface area contributed by atoms with Gasteiger partial charge in [0, 0.05) is 29.3 Å². The van der Waals surface area contributed by atoms with Crippen LogP contribution in [0.15, 0.2) is 28.9 Å². The fraction of sp³-hybridized carbons (Fsp3) is 0.231. The molecule has 5 heteroatoms. The Labute approximate surface area is 114 Å². The summed E-state index contributed by atoms with van der Waals surface area (Å²) in [5, 5.41) is 16.5. The minimum atomic E-state index is 0.639. The second-order valence-corrected chi connectivity index (χ2v) is 4.95. The summed E-state index contributed by atoms with van der Waals surface area (Å²) in [5.41, 5.74) is 3.72. The average molecular weight is 305 g/mol. The third-order valence-corrected chi connectivity index (χ3v) is 3.40. The van der Waals surface area contributed by atoms with E-state index >= 15 is 0 Å². The first kappa shape index (κ1) is 12.7. The molecule has 0 saturated heterocycles. The number of aromatic nitrogens is 2. The van der Waals surface area contributed by atoms with Gasteiger partial charge in [0.05, 0.1) is 17.4 Å². The van der Waals surface area contributed by atoms with Gasteiger partial charge in [0.1, 0.15) is 6.07 Å². The monoisotopic (exact) mass is 304 g/mol. The summed E-state index contributed by atoms with van der Waals surface area (Å²) in [6.45, 7) is 2.68. The van der Waals surface area contributed by atoms with Crippen molar-refractivity contribution < 1.29 is 0 Å². The van der Waals surface area contributed by atoms with Crippen molar-refractivity contribution in [1.29, 1.82) is 5.26 Å². The van der Waals surface area contributed by atoms with Crippen molar-refractivity contribution in [3.63, 3.8) is 0 Å². The Hall–Kier alpha value is -1.80. The van der Waals surface area contributed by atoms with Crippen LogP contribution < -0.4 is 5.32 Å². The highest BCUT2D eigenvalue weighted by Gasteiger charge is 2.06. The van der Waals surface area contributed by atoms with Gasteiger partial charge in [-0.25, -0.2) is 0 Å². The van der Waals surface area contributed by atoms with Gasteiger partial charge in [-0.1, -0.05) is 15.9 Å². The highest BCUT2D eigenvalue weighted by Crippen LogP contribution is 2.21. The standard InChI is InChI=1S/C13H13BrN4/c1-9-11(8-17-18(9)2)7-16-13-5-12(14)4-3-10(13)6-15/h3-5,8,16H,7H2,1-2H3. The molecule has 1 aromatic carbocycles. The lowest BCUT2D eigenvalue weighted by Gasteiger charge is -2.08. The van der Waals surface area contributed by atoms with Crippen molar-refractivity contribution in [2.24, 2.45) is 7.05 Å². The molecule has 0 aliphatic heterocycles. The predicted molar refractivity (Wildman–Crippen MR) is 74.1 cm³/mol. The molecule has 0 fully saturated rings. The molecule has 1 aromatic heterocycles. The lowest BCUT2D eigenvalue weighted by Crippen LogP contribution is -2.03. The van der Waals surface area contributed by atoms with E-state index in [1.165, 1.54) is 0 Å². The van der Waals surface area contributed by atoms with Crippen LogP contribution in [-0.4, -0.2) is 9.78 Å². The van der Waals surface area contributed by atoms with Crippen LogP contribution in [0.4, 0.5) is 5.69 Å². The Balaban J connectivity index is 2.18. The maximum atomic E-state index is 9.04. The van der Waals surface area contributed by atoms with Crippen LogP contribution >= 0.6 is 15.9 Å². The molecule has 0 amide bonds. The summed E-state index contributed by atoms with van der Waals surface area (Å²) in [6.07, 6.45) is 1.84. The first-order valence-electron chi connectivity index (χ1n) is 5.53. The molecule has 0 aliphatic rings. The Morgan fingerprint density at radius 1 is 1.50 bits per heavy atom. The molecule has 92 valence electrons. The molecule has 0 radical (unpaired) electrons. The minimum absolute atomic E-state index is 0.639. The maximum absolute atomic E-state index is 9.04. The summed E-state index contributed by atoms with van der Waals surface area (Å²) in [5.74, 6) is 0. The summed E-state index contributed by atoms with van der Waals surface area (Å²) in [7, 11) is 1.92. The molecule has 0 spiro atoms. The van der Waals surface area contributed by atoms with Crippen LogP contribution in [0.25, 0.3) is 0 Å². The number of hydrogen-bond donors (Lipinski definition) is 1. The zero-order valence-electron chi connectivity index (χ0n) is 10.2. The van der Waals surface area contributed by atoms with Gasteiger partial charge in [-0.2, -0.15) is 10.4 Å². The lowest BCUT2D eigenvalue weighted by atomic mass is 10.2. The Morgan fingerprint density at radius 2 is 2.28 bits per heavy atom. The number of halogens is 1. The van der Waals surface area contributed by atoms with Crippen LogP contribution in [-0.2, 0) is 13.6 Å². The molecule has 0 unspecified atom stereocenters. The van der Waals surface area contributed by atoms with E-state index in [2.05, 4.69) is 32.4 Å². The van der Waals surface area contributed by atoms with E-state index in [0.29, 0.717) is 12.1 Å². The summed E-state index contributed by atoms with van der Waals surface area (Å²) < 4.78 is 2.79. The Morgan fingerprint density at radius 3 is 2.89 bits per heavy atom. The predicted octanol–water partition coefficient (Wildman–Crippen LogP) is 2.97. The largest absolute Gasteiger partial charge is 0.380 e. The average Bonchev–Trinajstić information content (AvgIpc) is 2.68. The number of hydrogen-bond acceptors (Lipinski definition) is 3. The molecule has 18 heavy (non-hydrogen) atoms. The minimum Gasteiger partial charge on any atom is -0.380 e. The molecule has 1 heterocycles. The van der Waals surface area contributed by atoms with Crippen LogP contribution in [0.2, 0.25) is 0 Å². The summed E-state index contributed by atoms with van der Waals surface area (Å²) in [4.78, 5) is 0. The van der Waals surface area contributed by atoms with Crippen molar-refractivity contribution >= 4 is 21.6 Å². The van der Waals surface area contributed by atoms with Gasteiger partial charge in [0.2, 0.25) is 0 Å². The van der Waals surface area contributed by atoms with Crippen LogP contribution in [0.1, 0.15) is 16.8 Å². The molecule has 2 aromatic rings. The lowest BCUT2D eigenvalue weighted by molar-refractivity contribution is 0.738. The molecule has 0 atom stereocenters. The summed E-state index contributed by atoms with van der Waals surface area (Å²) >= 11 is 3.40. The second kappa shape index (κ2) is 5.23. The van der Waals surface area contributed by atoms with Crippen LogP contribution in [0.3, 0.4) is 0 Å². The fourth-order valence-electron chi connectivity index (χ4n) is 1.67. The van der Waals surface area contributed by atoms with E-state index in [1.807, 2.05) is 37.0 Å². The van der Waals surface area contributed by atoms with Crippen LogP contribution in [0, 0.1) is 18.3 Å². The van der Waals surface area contributed by atoms with Crippen molar-refractivity contribution in [2.75, 3.05) is 5.32 Å². The number of aryl methyl sites for hydroxylation is 1. The zero-order valence-corrected chi connectivity index (χ0v) is 11.8. The van der Waals surface area contributed by atoms with Gasteiger partial charge in [0.25, 0.3) is 0 Å². The molecule has 2 rings (SSSR count). The maximum Gasteiger partial charge on any atom is 0.101 e. The fourth-order valence-corrected chi connectivity index (χ4v) is 2.03. The highest BCUT2D eigenvalue weighted by atomic mass is 79.9. The number of nitrogens with zero attached hydrogens (tertiary/aromatic N) is 3. The van der Waals surface area contributed by atoms with Crippen molar-refractivity contribution in [2.45, 2.75) is 13.5 Å². The molecule has 0 aliphatic carbocycles. The number of rotatable bonds is 3. The van der Waals surface area contributed by atoms with E-state index < -0.39 is 0 Å². The molecule has 1 N–H and O–H groups in total. The van der Waals surface area contributed by atoms with E-state index in [1.54, 1.807) is 6.07 Å². The van der Waals surface area contributed by atoms with E-state index in [4.69, 9.17) is 5.26 Å². The number of nitrogens with one attached hydrogen (secondary N) is 1. The van der Waals surface area contributed by atoms with Gasteiger partial charge in [-0.15, -0.1) is 0 Å². The number of benzene rings is 1. The van der Waals surface area contributed by atoms with E-state index in [-0.39, 0.29) is 0 Å². The first-order valence-corrected chi connectivity index (χ1v) is 6.32. The molecule has 4 nitrogen and oxygen atoms in total. The number of nitriles is 1. The first-order chi connectivity index (χ1) is 8.61. The Bertz CT molecular complexity index is 610. The smallest absolute Gasteiger partial charge is 0.101 e. The highest BCUT2D eigenvalue weighted by molar-refractivity contribution is 9.10. The van der Waals surface area contributed by atoms with Gasteiger partial charge in [-0.05, 0) is 25.1 Å². The Kier molecular flexibility index (Phi) is 3.68. The van der Waals surface area contributed by atoms with Crippen LogP contribution in [0.5, 0.6) is 0 Å². The quantitative estimate of drug-likeness (QED) is 0.948. The van der Waals surface area contributed by atoms with Gasteiger partial charge >= 0.3 is 0 Å². The normalized spacial score (nSPS) is 10.1. The summed E-state index contributed by atoms with van der Waals surface area (Å²) in [6, 6.07) is 7.74. The van der Waals surface area contributed by atoms with Crippen molar-refractivity contribution in [3.8, 4) is 6.07 Å². The third kappa shape index (κ3) is 2.54. The van der Waals surface area contributed by atoms with Gasteiger partial charge in [-0.3, -0.25) is 4.68 Å². The van der Waals surface area contributed by atoms with Gasteiger partial charge < -0.3 is 5.32 Å². The molecular weight excluding hydrogens is 292 g/mol. The second-order valence-electron chi connectivity index (χ2n) is 4.03. The molecule has 0 saturated carbocycles.